The standard InChI is InChI=1S/C13H19N3O3/c1-9(2)19-11-4-6-14-13(15-11)16-7-5-10(8-16)12(17)18-3/h4,6,9-10H,5,7-8H2,1-3H3. The van der Waals surface area contributed by atoms with Crippen LogP contribution in [0.15, 0.2) is 12.3 Å². The van der Waals surface area contributed by atoms with Gasteiger partial charge in [0.25, 0.3) is 0 Å². The van der Waals surface area contributed by atoms with E-state index >= 15 is 0 Å². The largest absolute Gasteiger partial charge is 0.475 e. The van der Waals surface area contributed by atoms with Gasteiger partial charge in [0.2, 0.25) is 11.8 Å². The molecule has 0 aromatic carbocycles. The Bertz CT molecular complexity index is 451. The second-order valence-electron chi connectivity index (χ2n) is 4.82. The summed E-state index contributed by atoms with van der Waals surface area (Å²) >= 11 is 0. The van der Waals surface area contributed by atoms with Crippen molar-refractivity contribution >= 4 is 11.9 Å². The molecule has 1 aromatic heterocycles. The van der Waals surface area contributed by atoms with Gasteiger partial charge in [-0.25, -0.2) is 4.98 Å². The Hall–Kier alpha value is -1.85. The fraction of sp³-hybridized carbons (Fsp3) is 0.615. The van der Waals surface area contributed by atoms with Crippen LogP contribution in [0.4, 0.5) is 5.95 Å². The van der Waals surface area contributed by atoms with Crippen molar-refractivity contribution in [1.29, 1.82) is 0 Å². The summed E-state index contributed by atoms with van der Waals surface area (Å²) in [5.41, 5.74) is 0. The molecule has 1 aliphatic heterocycles. The third-order valence-corrected chi connectivity index (χ3v) is 2.98. The molecule has 0 spiro atoms. The van der Waals surface area contributed by atoms with Gasteiger partial charge in [0.1, 0.15) is 0 Å². The number of nitrogens with zero attached hydrogens (tertiary/aromatic N) is 3. The van der Waals surface area contributed by atoms with Gasteiger partial charge in [0.05, 0.1) is 19.1 Å². The lowest BCUT2D eigenvalue weighted by atomic mass is 10.1. The fourth-order valence-electron chi connectivity index (χ4n) is 2.09. The van der Waals surface area contributed by atoms with Crippen molar-refractivity contribution < 1.29 is 14.3 Å². The van der Waals surface area contributed by atoms with Crippen molar-refractivity contribution in [3.05, 3.63) is 12.3 Å². The highest BCUT2D eigenvalue weighted by Gasteiger charge is 2.30. The van der Waals surface area contributed by atoms with E-state index in [9.17, 15) is 4.79 Å². The molecule has 1 saturated heterocycles. The SMILES string of the molecule is COC(=O)C1CCN(c2nccc(OC(C)C)n2)C1. The van der Waals surface area contributed by atoms with E-state index in [0.29, 0.717) is 18.4 Å². The molecule has 0 N–H and O–H groups in total. The molecular formula is C13H19N3O3. The quantitative estimate of drug-likeness (QED) is 0.764. The van der Waals surface area contributed by atoms with Gasteiger partial charge >= 0.3 is 5.97 Å². The Kier molecular flexibility index (Phi) is 4.19. The molecule has 1 atom stereocenters. The van der Waals surface area contributed by atoms with Crippen LogP contribution in [0.2, 0.25) is 0 Å². The zero-order chi connectivity index (χ0) is 13.8. The average Bonchev–Trinajstić information content (AvgIpc) is 2.87. The number of rotatable bonds is 4. The summed E-state index contributed by atoms with van der Waals surface area (Å²) in [6.45, 7) is 5.25. The Morgan fingerprint density at radius 3 is 3.00 bits per heavy atom. The van der Waals surface area contributed by atoms with E-state index in [2.05, 4.69) is 9.97 Å². The van der Waals surface area contributed by atoms with Crippen molar-refractivity contribution in [2.45, 2.75) is 26.4 Å². The molecule has 0 amide bonds. The summed E-state index contributed by atoms with van der Waals surface area (Å²) < 4.78 is 10.3. The van der Waals surface area contributed by atoms with Gasteiger partial charge in [-0.15, -0.1) is 0 Å². The molecule has 1 unspecified atom stereocenters. The molecule has 19 heavy (non-hydrogen) atoms. The van der Waals surface area contributed by atoms with Gasteiger partial charge in [-0.1, -0.05) is 0 Å². The summed E-state index contributed by atoms with van der Waals surface area (Å²) in [5.74, 6) is 0.895. The van der Waals surface area contributed by atoms with Crippen LogP contribution < -0.4 is 9.64 Å². The number of aromatic nitrogens is 2. The van der Waals surface area contributed by atoms with Crippen molar-refractivity contribution in [3.8, 4) is 5.88 Å². The van der Waals surface area contributed by atoms with Crippen LogP contribution in [0, 0.1) is 5.92 Å². The first-order chi connectivity index (χ1) is 9.10. The Balaban J connectivity index is 2.05. The number of anilines is 1. The molecule has 0 aliphatic carbocycles. The molecule has 2 rings (SSSR count). The third kappa shape index (κ3) is 3.33. The first kappa shape index (κ1) is 13.6. The zero-order valence-corrected chi connectivity index (χ0v) is 11.5. The van der Waals surface area contributed by atoms with E-state index in [1.807, 2.05) is 18.7 Å². The predicted octanol–water partition coefficient (Wildman–Crippen LogP) is 1.26. The van der Waals surface area contributed by atoms with Crippen LogP contribution in [0.3, 0.4) is 0 Å². The number of methoxy groups -OCH3 is 1. The summed E-state index contributed by atoms with van der Waals surface area (Å²) in [5, 5.41) is 0. The lowest BCUT2D eigenvalue weighted by molar-refractivity contribution is -0.144. The predicted molar refractivity (Wildman–Crippen MR) is 70.1 cm³/mol. The van der Waals surface area contributed by atoms with Crippen LogP contribution >= 0.6 is 0 Å². The van der Waals surface area contributed by atoms with E-state index in [4.69, 9.17) is 9.47 Å². The van der Waals surface area contributed by atoms with Crippen molar-refractivity contribution in [2.75, 3.05) is 25.1 Å². The second kappa shape index (κ2) is 5.86. The second-order valence-corrected chi connectivity index (χ2v) is 4.82. The molecule has 2 heterocycles. The number of carbonyl (C=O) groups is 1. The summed E-state index contributed by atoms with van der Waals surface area (Å²) in [7, 11) is 1.42. The lowest BCUT2D eigenvalue weighted by Gasteiger charge is -2.17. The van der Waals surface area contributed by atoms with E-state index < -0.39 is 0 Å². The number of ether oxygens (including phenoxy) is 2. The molecule has 104 valence electrons. The third-order valence-electron chi connectivity index (χ3n) is 2.98. The lowest BCUT2D eigenvalue weighted by Crippen LogP contribution is -2.25. The summed E-state index contributed by atoms with van der Waals surface area (Å²) in [6, 6.07) is 1.73. The molecule has 6 nitrogen and oxygen atoms in total. The first-order valence-corrected chi connectivity index (χ1v) is 6.42. The highest BCUT2D eigenvalue weighted by atomic mass is 16.5. The molecule has 0 saturated carbocycles. The van der Waals surface area contributed by atoms with Crippen molar-refractivity contribution in [3.63, 3.8) is 0 Å². The molecular weight excluding hydrogens is 246 g/mol. The Labute approximate surface area is 112 Å². The molecule has 1 aromatic rings. The van der Waals surface area contributed by atoms with Gasteiger partial charge in [0, 0.05) is 25.4 Å². The summed E-state index contributed by atoms with van der Waals surface area (Å²) in [4.78, 5) is 22.1. The van der Waals surface area contributed by atoms with Gasteiger partial charge in [-0.05, 0) is 20.3 Å². The van der Waals surface area contributed by atoms with E-state index in [1.54, 1.807) is 12.3 Å². The van der Waals surface area contributed by atoms with Crippen LogP contribution in [0.5, 0.6) is 5.88 Å². The van der Waals surface area contributed by atoms with Crippen LogP contribution in [0.1, 0.15) is 20.3 Å². The van der Waals surface area contributed by atoms with Crippen molar-refractivity contribution in [2.24, 2.45) is 5.92 Å². The number of carbonyl (C=O) groups excluding carboxylic acids is 1. The molecule has 1 fully saturated rings. The maximum Gasteiger partial charge on any atom is 0.310 e. The minimum absolute atomic E-state index is 0.0733. The van der Waals surface area contributed by atoms with E-state index in [0.717, 1.165) is 13.0 Å². The van der Waals surface area contributed by atoms with E-state index in [-0.39, 0.29) is 18.0 Å². The topological polar surface area (TPSA) is 64.5 Å². The average molecular weight is 265 g/mol. The number of esters is 1. The van der Waals surface area contributed by atoms with Crippen LogP contribution in [0.25, 0.3) is 0 Å². The molecule has 0 radical (unpaired) electrons. The minimum Gasteiger partial charge on any atom is -0.475 e. The molecule has 0 bridgehead atoms. The maximum absolute atomic E-state index is 11.5. The van der Waals surface area contributed by atoms with Crippen LogP contribution in [-0.2, 0) is 9.53 Å². The monoisotopic (exact) mass is 265 g/mol. The highest BCUT2D eigenvalue weighted by molar-refractivity contribution is 5.73. The smallest absolute Gasteiger partial charge is 0.310 e. The first-order valence-electron chi connectivity index (χ1n) is 6.42. The minimum atomic E-state index is -0.169. The molecule has 1 aliphatic rings. The Morgan fingerprint density at radius 1 is 1.53 bits per heavy atom. The van der Waals surface area contributed by atoms with Gasteiger partial charge in [-0.3, -0.25) is 4.79 Å². The highest BCUT2D eigenvalue weighted by Crippen LogP contribution is 2.23. The van der Waals surface area contributed by atoms with Gasteiger partial charge < -0.3 is 14.4 Å². The number of hydrogen-bond acceptors (Lipinski definition) is 6. The van der Waals surface area contributed by atoms with Crippen molar-refractivity contribution in [1.82, 2.24) is 9.97 Å². The molecule has 6 heteroatoms. The zero-order valence-electron chi connectivity index (χ0n) is 11.5. The number of hydrogen-bond donors (Lipinski definition) is 0. The maximum atomic E-state index is 11.5. The van der Waals surface area contributed by atoms with Gasteiger partial charge in [0.15, 0.2) is 0 Å². The van der Waals surface area contributed by atoms with E-state index in [1.165, 1.54) is 7.11 Å². The Morgan fingerprint density at radius 2 is 2.32 bits per heavy atom. The normalized spacial score (nSPS) is 18.7. The van der Waals surface area contributed by atoms with Gasteiger partial charge in [-0.2, -0.15) is 4.98 Å². The fourth-order valence-corrected chi connectivity index (χ4v) is 2.09. The summed E-state index contributed by atoms with van der Waals surface area (Å²) in [6.07, 6.45) is 2.51. The van der Waals surface area contributed by atoms with Crippen LogP contribution in [-0.4, -0.2) is 42.2 Å².